The Hall–Kier alpha value is -3.94. The Labute approximate surface area is 271 Å². The minimum atomic E-state index is 0.0173. The van der Waals surface area contributed by atoms with Crippen LogP contribution in [0.4, 0.5) is 0 Å². The first-order valence-electron chi connectivity index (χ1n) is 16.4. The van der Waals surface area contributed by atoms with Gasteiger partial charge in [0, 0.05) is 75.7 Å². The van der Waals surface area contributed by atoms with E-state index in [0.717, 1.165) is 49.7 Å². The average molecular weight is 612 g/mol. The second-order valence-corrected chi connectivity index (χ2v) is 11.4. The fourth-order valence-corrected chi connectivity index (χ4v) is 5.33. The van der Waals surface area contributed by atoms with Gasteiger partial charge in [-0.2, -0.15) is 0 Å². The molecule has 1 fully saturated rings. The fraction of sp³-hybridized carbons (Fsp3) is 0.421. The van der Waals surface area contributed by atoms with Crippen molar-refractivity contribution >= 4 is 11.8 Å². The van der Waals surface area contributed by atoms with Crippen molar-refractivity contribution in [2.24, 2.45) is 0 Å². The predicted octanol–water partition coefficient (Wildman–Crippen LogP) is 6.09. The lowest BCUT2D eigenvalue weighted by atomic mass is 10.1. The number of hydrogen-bond acceptors (Lipinski definition) is 5. The first kappa shape index (κ1) is 35.5. The summed E-state index contributed by atoms with van der Waals surface area (Å²) in [4.78, 5) is 35.0. The van der Waals surface area contributed by atoms with E-state index in [1.54, 1.807) is 0 Å². The third-order valence-corrected chi connectivity index (χ3v) is 8.12. The van der Waals surface area contributed by atoms with Gasteiger partial charge in [-0.05, 0) is 50.1 Å². The summed E-state index contributed by atoms with van der Waals surface area (Å²) in [5.41, 5.74) is 5.82. The lowest BCUT2D eigenvalue weighted by Crippen LogP contribution is -2.44. The first-order valence-corrected chi connectivity index (χ1v) is 16.4. The molecule has 0 spiro atoms. The van der Waals surface area contributed by atoms with Crippen LogP contribution in [0.25, 0.3) is 0 Å². The van der Waals surface area contributed by atoms with E-state index in [1.165, 1.54) is 11.1 Å². The molecule has 1 aromatic carbocycles. The van der Waals surface area contributed by atoms with Gasteiger partial charge in [0.1, 0.15) is 0 Å². The van der Waals surface area contributed by atoms with Crippen LogP contribution < -0.4 is 5.32 Å². The maximum atomic E-state index is 14.0. The summed E-state index contributed by atoms with van der Waals surface area (Å²) in [6.45, 7) is 21.8. The highest BCUT2D eigenvalue weighted by Gasteiger charge is 2.22. The van der Waals surface area contributed by atoms with Gasteiger partial charge in [-0.3, -0.25) is 14.5 Å². The van der Waals surface area contributed by atoms with Crippen LogP contribution in [0.15, 0.2) is 108 Å². The van der Waals surface area contributed by atoms with Crippen molar-refractivity contribution < 1.29 is 9.59 Å². The molecule has 0 atom stereocenters. The van der Waals surface area contributed by atoms with Crippen molar-refractivity contribution in [1.82, 2.24) is 24.9 Å². The lowest BCUT2D eigenvalue weighted by Gasteiger charge is -2.30. The van der Waals surface area contributed by atoms with Crippen LogP contribution in [0.5, 0.6) is 0 Å². The number of hydrogen-bond donors (Lipinski definition) is 1. The standard InChI is InChI=1S/C36H47N5O2.C2H6/c1-5-29(2)11-10-12-30(3)40-22-7-6-13-33(26-38-23-18-37-19-24-38)25-31(4)41(35(42)28-40)27-32-14-16-34(17-15-32)36(43)39-20-8-9-21-39;1-2/h5-11,13-17,25,37H,3,12,18-24,26-28H2,1-2,4H3;1-2H3/b7-6+,11-10-,29-5-,31-25+,33-13+;. The molecule has 7 nitrogen and oxygen atoms in total. The minimum absolute atomic E-state index is 0.0173. The maximum Gasteiger partial charge on any atom is 0.254 e. The summed E-state index contributed by atoms with van der Waals surface area (Å²) in [6.07, 6.45) is 19.5. The van der Waals surface area contributed by atoms with Crippen molar-refractivity contribution in [2.75, 3.05) is 58.9 Å². The number of nitrogens with one attached hydrogen (secondary N) is 1. The number of nitrogens with zero attached hydrogens (tertiary/aromatic N) is 4. The first-order chi connectivity index (χ1) is 21.8. The highest BCUT2D eigenvalue weighted by molar-refractivity contribution is 5.94. The Balaban J connectivity index is 0.00000271. The molecule has 0 bridgehead atoms. The highest BCUT2D eigenvalue weighted by atomic mass is 16.2. The van der Waals surface area contributed by atoms with Crippen molar-refractivity contribution in [2.45, 2.75) is 47.6 Å². The van der Waals surface area contributed by atoms with Crippen LogP contribution in [0, 0.1) is 0 Å². The number of benzene rings is 1. The van der Waals surface area contributed by atoms with Crippen LogP contribution in [-0.2, 0) is 11.3 Å². The van der Waals surface area contributed by atoms with Gasteiger partial charge in [-0.25, -0.2) is 0 Å². The zero-order valence-corrected chi connectivity index (χ0v) is 28.1. The summed E-state index contributed by atoms with van der Waals surface area (Å²) in [5, 5.41) is 3.42. The van der Waals surface area contributed by atoms with E-state index in [9.17, 15) is 9.59 Å². The molecular weight excluding hydrogens is 558 g/mol. The third kappa shape index (κ3) is 11.2. The predicted molar refractivity (Wildman–Crippen MR) is 188 cm³/mol. The zero-order chi connectivity index (χ0) is 32.6. The Morgan fingerprint density at radius 3 is 2.31 bits per heavy atom. The van der Waals surface area contributed by atoms with Crippen molar-refractivity contribution in [3.05, 3.63) is 119 Å². The quantitative estimate of drug-likeness (QED) is 0.271. The molecule has 0 aromatic heterocycles. The molecule has 4 rings (SSSR count). The molecule has 7 heteroatoms. The number of rotatable bonds is 9. The van der Waals surface area contributed by atoms with E-state index in [4.69, 9.17) is 0 Å². The average Bonchev–Trinajstić information content (AvgIpc) is 3.60. The second-order valence-electron chi connectivity index (χ2n) is 11.4. The van der Waals surface area contributed by atoms with Gasteiger partial charge < -0.3 is 20.0 Å². The van der Waals surface area contributed by atoms with Crippen LogP contribution >= 0.6 is 0 Å². The fourth-order valence-electron chi connectivity index (χ4n) is 5.33. The molecule has 0 aliphatic carbocycles. The van der Waals surface area contributed by atoms with E-state index in [0.29, 0.717) is 38.2 Å². The molecule has 1 saturated heterocycles. The van der Waals surface area contributed by atoms with Gasteiger partial charge in [-0.1, -0.05) is 86.7 Å². The van der Waals surface area contributed by atoms with Crippen LogP contribution in [-0.4, -0.2) is 90.3 Å². The molecule has 3 aliphatic heterocycles. The summed E-state index contributed by atoms with van der Waals surface area (Å²) in [6, 6.07) is 7.68. The number of carbonyl (C=O) groups excluding carboxylic acids is 2. The van der Waals surface area contributed by atoms with E-state index in [2.05, 4.69) is 71.2 Å². The molecule has 1 N–H and O–H groups in total. The Morgan fingerprint density at radius 1 is 0.978 bits per heavy atom. The Bertz CT molecular complexity index is 1320. The Morgan fingerprint density at radius 2 is 1.64 bits per heavy atom. The Kier molecular flexibility index (Phi) is 14.8. The van der Waals surface area contributed by atoms with Crippen LogP contribution in [0.3, 0.4) is 0 Å². The molecule has 0 radical (unpaired) electrons. The second kappa shape index (κ2) is 18.8. The molecule has 0 saturated carbocycles. The summed E-state index contributed by atoms with van der Waals surface area (Å²) >= 11 is 0. The monoisotopic (exact) mass is 611 g/mol. The largest absolute Gasteiger partial charge is 0.362 e. The SMILES string of the molecule is C=C(C/C=C\C(C)=C/C)N1C/C=C/C=C(CN2CCNCC2)\C=C(/C)N(Cc2ccc(C(=O)N3CC=CC3)cc2)C(=O)C1.CC. The molecule has 3 heterocycles. The van der Waals surface area contributed by atoms with E-state index in [1.807, 2.05) is 73.9 Å². The van der Waals surface area contributed by atoms with Gasteiger partial charge in [-0.15, -0.1) is 0 Å². The normalized spacial score (nSPS) is 21.4. The number of carbonyl (C=O) groups is 2. The van der Waals surface area contributed by atoms with Crippen LogP contribution in [0.2, 0.25) is 0 Å². The van der Waals surface area contributed by atoms with Gasteiger partial charge in [0.2, 0.25) is 5.91 Å². The van der Waals surface area contributed by atoms with Crippen molar-refractivity contribution in [1.29, 1.82) is 0 Å². The van der Waals surface area contributed by atoms with Gasteiger partial charge in [0.05, 0.1) is 13.1 Å². The van der Waals surface area contributed by atoms with Crippen LogP contribution in [0.1, 0.15) is 57.0 Å². The molecule has 1 aromatic rings. The molecule has 45 heavy (non-hydrogen) atoms. The van der Waals surface area contributed by atoms with Crippen molar-refractivity contribution in [3.8, 4) is 0 Å². The number of allylic oxidation sites excluding steroid dienone is 7. The van der Waals surface area contributed by atoms with Crippen molar-refractivity contribution in [3.63, 3.8) is 0 Å². The van der Waals surface area contributed by atoms with Gasteiger partial charge >= 0.3 is 0 Å². The van der Waals surface area contributed by atoms with Gasteiger partial charge in [0.15, 0.2) is 0 Å². The summed E-state index contributed by atoms with van der Waals surface area (Å²) in [7, 11) is 0. The topological polar surface area (TPSA) is 59.1 Å². The molecule has 2 amide bonds. The molecular formula is C38H53N5O2. The lowest BCUT2D eigenvalue weighted by molar-refractivity contribution is -0.130. The molecule has 0 unspecified atom stereocenters. The summed E-state index contributed by atoms with van der Waals surface area (Å²) in [5.74, 6) is 0.0468. The van der Waals surface area contributed by atoms with E-state index < -0.39 is 0 Å². The van der Waals surface area contributed by atoms with E-state index in [-0.39, 0.29) is 18.4 Å². The number of amides is 2. The minimum Gasteiger partial charge on any atom is -0.362 e. The summed E-state index contributed by atoms with van der Waals surface area (Å²) < 4.78 is 0. The smallest absolute Gasteiger partial charge is 0.254 e. The van der Waals surface area contributed by atoms with E-state index >= 15 is 0 Å². The molecule has 3 aliphatic rings. The number of piperazine rings is 1. The third-order valence-electron chi connectivity index (χ3n) is 8.12. The van der Waals surface area contributed by atoms with Gasteiger partial charge in [0.25, 0.3) is 5.91 Å². The molecule has 242 valence electrons. The highest BCUT2D eigenvalue weighted by Crippen LogP contribution is 2.19. The maximum absolute atomic E-state index is 14.0. The zero-order valence-electron chi connectivity index (χ0n) is 28.1.